The zero-order chi connectivity index (χ0) is 23.5. The fourth-order valence-electron chi connectivity index (χ4n) is 3.73. The van der Waals surface area contributed by atoms with Gasteiger partial charge in [0.1, 0.15) is 5.75 Å². The number of ether oxygens (including phenoxy) is 2. The van der Waals surface area contributed by atoms with Gasteiger partial charge < -0.3 is 9.47 Å². The smallest absolute Gasteiger partial charge is 0.338 e. The molecule has 2 aromatic carbocycles. The molecule has 0 aliphatic carbocycles. The number of para-hydroxylation sites is 1. The van der Waals surface area contributed by atoms with Crippen LogP contribution in [0.2, 0.25) is 0 Å². The molecule has 3 aromatic rings. The molecule has 2 heterocycles. The number of aromatic nitrogens is 1. The van der Waals surface area contributed by atoms with Crippen LogP contribution in [0.25, 0.3) is 6.08 Å². The molecule has 4 rings (SSSR count). The highest BCUT2D eigenvalue weighted by Gasteiger charge is 2.33. The van der Waals surface area contributed by atoms with E-state index in [1.807, 2.05) is 30.3 Å². The summed E-state index contributed by atoms with van der Waals surface area (Å²) in [6.07, 6.45) is 1.67. The van der Waals surface area contributed by atoms with E-state index in [0.717, 1.165) is 5.56 Å². The number of fused-ring (bicyclic) bond motifs is 1. The maximum absolute atomic E-state index is 13.6. The molecule has 0 amide bonds. The number of nitrogens with zero attached hydrogens (tertiary/aromatic N) is 2. The standard InChI is InChI=1S/C25H22N2O5S/c1-4-31-24(30)21-15(2)26-25-27(22(21)17-10-6-5-7-11-17)23(29)20(33-25)14-18-12-8-9-13-19(18)32-16(3)28/h5-14,22H,4H2,1-3H3/b20-14+/t22-/m0/s1. The van der Waals surface area contributed by atoms with Crippen molar-refractivity contribution in [3.05, 3.63) is 96.7 Å². The van der Waals surface area contributed by atoms with E-state index in [9.17, 15) is 14.4 Å². The molecule has 1 aromatic heterocycles. The van der Waals surface area contributed by atoms with E-state index < -0.39 is 18.0 Å². The first-order valence-electron chi connectivity index (χ1n) is 10.4. The SMILES string of the molecule is CCOC(=O)C1=C(C)N=c2s/c(=C/c3ccccc3OC(C)=O)c(=O)n2[C@H]1c1ccccc1. The number of carbonyl (C=O) groups excluding carboxylic acids is 2. The molecular weight excluding hydrogens is 440 g/mol. The van der Waals surface area contributed by atoms with Gasteiger partial charge in [-0.25, -0.2) is 9.79 Å². The van der Waals surface area contributed by atoms with Crippen molar-refractivity contribution in [2.45, 2.75) is 26.8 Å². The molecule has 0 spiro atoms. The van der Waals surface area contributed by atoms with Crippen LogP contribution >= 0.6 is 11.3 Å². The summed E-state index contributed by atoms with van der Waals surface area (Å²) in [6, 6.07) is 15.7. The van der Waals surface area contributed by atoms with Gasteiger partial charge >= 0.3 is 11.9 Å². The third-order valence-electron chi connectivity index (χ3n) is 5.09. The number of hydrogen-bond donors (Lipinski definition) is 0. The molecule has 1 aliphatic heterocycles. The maximum Gasteiger partial charge on any atom is 0.338 e. The molecule has 168 valence electrons. The Morgan fingerprint density at radius 1 is 1.12 bits per heavy atom. The van der Waals surface area contributed by atoms with Gasteiger partial charge in [-0.1, -0.05) is 59.9 Å². The van der Waals surface area contributed by atoms with E-state index in [0.29, 0.717) is 31.9 Å². The van der Waals surface area contributed by atoms with Gasteiger partial charge in [-0.3, -0.25) is 14.2 Å². The number of benzene rings is 2. The largest absolute Gasteiger partial charge is 0.463 e. The highest BCUT2D eigenvalue weighted by atomic mass is 32.1. The first-order valence-corrected chi connectivity index (χ1v) is 11.2. The van der Waals surface area contributed by atoms with Crippen molar-refractivity contribution >= 4 is 29.4 Å². The van der Waals surface area contributed by atoms with E-state index in [2.05, 4.69) is 4.99 Å². The number of esters is 2. The molecule has 1 atom stereocenters. The number of hydrogen-bond acceptors (Lipinski definition) is 7. The van der Waals surface area contributed by atoms with E-state index in [1.165, 1.54) is 22.8 Å². The Labute approximate surface area is 193 Å². The van der Waals surface area contributed by atoms with Gasteiger partial charge in [0.2, 0.25) is 0 Å². The summed E-state index contributed by atoms with van der Waals surface area (Å²) in [6.45, 7) is 5.02. The minimum atomic E-state index is -0.660. The van der Waals surface area contributed by atoms with E-state index in [4.69, 9.17) is 9.47 Å². The third kappa shape index (κ3) is 4.42. The summed E-state index contributed by atoms with van der Waals surface area (Å²) in [7, 11) is 0. The number of allylic oxidation sites excluding steroid dienone is 1. The van der Waals surface area contributed by atoms with Crippen molar-refractivity contribution in [2.75, 3.05) is 6.61 Å². The molecular formula is C25H22N2O5S. The Kier molecular flexibility index (Phi) is 6.37. The second kappa shape index (κ2) is 9.38. The number of carbonyl (C=O) groups is 2. The van der Waals surface area contributed by atoms with Crippen molar-refractivity contribution in [1.82, 2.24) is 4.57 Å². The first kappa shape index (κ1) is 22.4. The molecule has 0 fully saturated rings. The lowest BCUT2D eigenvalue weighted by Gasteiger charge is -2.24. The van der Waals surface area contributed by atoms with Gasteiger partial charge in [-0.05, 0) is 31.6 Å². The van der Waals surface area contributed by atoms with E-state index in [1.54, 1.807) is 44.2 Å². The number of thiazole rings is 1. The second-order valence-corrected chi connectivity index (χ2v) is 8.35. The maximum atomic E-state index is 13.6. The Bertz CT molecular complexity index is 1430. The first-order chi connectivity index (χ1) is 15.9. The van der Waals surface area contributed by atoms with Crippen molar-refractivity contribution in [3.63, 3.8) is 0 Å². The predicted octanol–water partition coefficient (Wildman–Crippen LogP) is 2.72. The van der Waals surface area contributed by atoms with Crippen LogP contribution in [0, 0.1) is 0 Å². The summed E-state index contributed by atoms with van der Waals surface area (Å²) >= 11 is 1.22. The van der Waals surface area contributed by atoms with Crippen molar-refractivity contribution in [2.24, 2.45) is 4.99 Å². The van der Waals surface area contributed by atoms with Crippen LogP contribution in [0.1, 0.15) is 37.9 Å². The Morgan fingerprint density at radius 3 is 2.52 bits per heavy atom. The molecule has 0 unspecified atom stereocenters. The molecule has 33 heavy (non-hydrogen) atoms. The quantitative estimate of drug-likeness (QED) is 0.430. The topological polar surface area (TPSA) is 87.0 Å². The fraction of sp³-hybridized carbons (Fsp3) is 0.200. The van der Waals surface area contributed by atoms with Crippen molar-refractivity contribution < 1.29 is 19.1 Å². The zero-order valence-corrected chi connectivity index (χ0v) is 19.2. The zero-order valence-electron chi connectivity index (χ0n) is 18.4. The lowest BCUT2D eigenvalue weighted by molar-refractivity contribution is -0.139. The highest BCUT2D eigenvalue weighted by Crippen LogP contribution is 2.30. The van der Waals surface area contributed by atoms with Gasteiger partial charge in [0.15, 0.2) is 4.80 Å². The van der Waals surface area contributed by atoms with Crippen molar-refractivity contribution in [3.8, 4) is 5.75 Å². The van der Waals surface area contributed by atoms with Gasteiger partial charge in [0.25, 0.3) is 5.56 Å². The molecule has 1 aliphatic rings. The number of rotatable bonds is 5. The summed E-state index contributed by atoms with van der Waals surface area (Å²) in [5.41, 5.74) is 1.93. The molecule has 0 saturated heterocycles. The van der Waals surface area contributed by atoms with Crippen LogP contribution in [0.3, 0.4) is 0 Å². The van der Waals surface area contributed by atoms with Crippen molar-refractivity contribution in [1.29, 1.82) is 0 Å². The Balaban J connectivity index is 1.94. The van der Waals surface area contributed by atoms with E-state index >= 15 is 0 Å². The molecule has 0 bridgehead atoms. The summed E-state index contributed by atoms with van der Waals surface area (Å²) in [5.74, 6) is -0.586. The van der Waals surface area contributed by atoms with Crippen LogP contribution in [0.15, 0.2) is 75.7 Å². The molecule has 8 heteroatoms. The summed E-state index contributed by atoms with van der Waals surface area (Å²) in [5, 5.41) is 0. The Morgan fingerprint density at radius 2 is 1.82 bits per heavy atom. The summed E-state index contributed by atoms with van der Waals surface area (Å²) in [4.78, 5) is 42.9. The average molecular weight is 463 g/mol. The molecule has 0 radical (unpaired) electrons. The van der Waals surface area contributed by atoms with Crippen LogP contribution in [0.5, 0.6) is 5.75 Å². The monoisotopic (exact) mass is 462 g/mol. The predicted molar refractivity (Wildman–Crippen MR) is 125 cm³/mol. The molecule has 7 nitrogen and oxygen atoms in total. The van der Waals surface area contributed by atoms with Crippen LogP contribution in [0.4, 0.5) is 0 Å². The highest BCUT2D eigenvalue weighted by molar-refractivity contribution is 7.07. The summed E-state index contributed by atoms with van der Waals surface area (Å²) < 4.78 is 12.5. The van der Waals surface area contributed by atoms with Gasteiger partial charge in [-0.15, -0.1) is 0 Å². The molecule has 0 saturated carbocycles. The van der Waals surface area contributed by atoms with E-state index in [-0.39, 0.29) is 12.2 Å². The average Bonchev–Trinajstić information content (AvgIpc) is 3.09. The van der Waals surface area contributed by atoms with Crippen LogP contribution in [-0.2, 0) is 14.3 Å². The lowest BCUT2D eigenvalue weighted by atomic mass is 9.96. The third-order valence-corrected chi connectivity index (χ3v) is 6.07. The Hall–Kier alpha value is -3.78. The van der Waals surface area contributed by atoms with Gasteiger partial charge in [-0.2, -0.15) is 0 Å². The molecule has 0 N–H and O–H groups in total. The normalized spacial score (nSPS) is 15.6. The lowest BCUT2D eigenvalue weighted by Crippen LogP contribution is -2.39. The second-order valence-electron chi connectivity index (χ2n) is 7.34. The van der Waals surface area contributed by atoms with Gasteiger partial charge in [0, 0.05) is 12.5 Å². The van der Waals surface area contributed by atoms with Gasteiger partial charge in [0.05, 0.1) is 28.5 Å². The van der Waals surface area contributed by atoms with Crippen LogP contribution in [-0.4, -0.2) is 23.1 Å². The fourth-order valence-corrected chi connectivity index (χ4v) is 4.77. The minimum Gasteiger partial charge on any atom is -0.463 e. The minimum absolute atomic E-state index is 0.217. The van der Waals surface area contributed by atoms with Crippen LogP contribution < -0.4 is 19.6 Å².